The molecule has 2 atom stereocenters. The van der Waals surface area contributed by atoms with Crippen LogP contribution in [0.3, 0.4) is 0 Å². The zero-order valence-corrected chi connectivity index (χ0v) is 17.2. The van der Waals surface area contributed by atoms with Crippen molar-refractivity contribution in [1.29, 1.82) is 0 Å². The zero-order valence-electron chi connectivity index (χ0n) is 17.2. The molecule has 1 heterocycles. The molecule has 4 nitrogen and oxygen atoms in total. The number of cyclic esters (lactones) is 1. The number of aliphatic hydroxyl groups is 1. The van der Waals surface area contributed by atoms with E-state index in [1.165, 1.54) is 5.56 Å². The quantitative estimate of drug-likeness (QED) is 0.590. The Morgan fingerprint density at radius 2 is 1.53 bits per heavy atom. The maximum absolute atomic E-state index is 13.0. The monoisotopic (exact) mass is 401 g/mol. The van der Waals surface area contributed by atoms with Crippen LogP contribution in [0.25, 0.3) is 11.1 Å². The van der Waals surface area contributed by atoms with Gasteiger partial charge in [0.15, 0.2) is 0 Å². The maximum Gasteiger partial charge on any atom is 0.411 e. The van der Waals surface area contributed by atoms with Crippen LogP contribution in [-0.2, 0) is 10.3 Å². The molecule has 0 saturated carbocycles. The van der Waals surface area contributed by atoms with E-state index < -0.39 is 5.60 Å². The largest absolute Gasteiger partial charge is 0.438 e. The summed E-state index contributed by atoms with van der Waals surface area (Å²) in [4.78, 5) is 14.8. The summed E-state index contributed by atoms with van der Waals surface area (Å²) in [5.74, 6) is 0. The second-order valence-electron chi connectivity index (χ2n) is 7.81. The lowest BCUT2D eigenvalue weighted by Gasteiger charge is -2.43. The van der Waals surface area contributed by atoms with Gasteiger partial charge in [0.2, 0.25) is 0 Å². The van der Waals surface area contributed by atoms with Gasteiger partial charge in [-0.2, -0.15) is 0 Å². The number of nitrogens with zero attached hydrogens (tertiary/aromatic N) is 1. The summed E-state index contributed by atoms with van der Waals surface area (Å²) < 4.78 is 5.98. The Labute approximate surface area is 177 Å². The van der Waals surface area contributed by atoms with E-state index >= 15 is 0 Å². The van der Waals surface area contributed by atoms with E-state index in [4.69, 9.17) is 4.74 Å². The fourth-order valence-corrected chi connectivity index (χ4v) is 4.23. The van der Waals surface area contributed by atoms with E-state index in [0.29, 0.717) is 19.4 Å². The molecule has 1 amide bonds. The molecule has 0 spiro atoms. The van der Waals surface area contributed by atoms with E-state index in [1.807, 2.05) is 55.5 Å². The Hall–Kier alpha value is -3.11. The second-order valence-corrected chi connectivity index (χ2v) is 7.81. The van der Waals surface area contributed by atoms with Gasteiger partial charge in [-0.3, -0.25) is 0 Å². The van der Waals surface area contributed by atoms with Gasteiger partial charge in [0, 0.05) is 26.0 Å². The highest BCUT2D eigenvalue weighted by Gasteiger charge is 2.43. The lowest BCUT2D eigenvalue weighted by molar-refractivity contribution is -0.0718. The normalized spacial score (nSPS) is 19.9. The molecule has 4 rings (SSSR count). The van der Waals surface area contributed by atoms with Gasteiger partial charge in [-0.1, -0.05) is 84.9 Å². The minimum atomic E-state index is -0.763. The van der Waals surface area contributed by atoms with E-state index in [1.54, 1.807) is 4.90 Å². The van der Waals surface area contributed by atoms with E-state index in [0.717, 1.165) is 16.7 Å². The fourth-order valence-electron chi connectivity index (χ4n) is 4.23. The highest BCUT2D eigenvalue weighted by molar-refractivity contribution is 5.70. The average Bonchev–Trinajstić information content (AvgIpc) is 2.80. The standard InChI is InChI=1S/C26H27NO3/c1-20(21-12-14-23(15-13-21)22-8-4-2-5-9-22)27-18-16-26(17-19-28,30-25(27)29)24-10-6-3-7-11-24/h2-15,20,28H,16-19H2,1H3/t20-,26-/m0/s1. The molecular weight excluding hydrogens is 374 g/mol. The predicted molar refractivity (Wildman–Crippen MR) is 118 cm³/mol. The zero-order chi connectivity index (χ0) is 21.0. The fraction of sp³-hybridized carbons (Fsp3) is 0.269. The molecule has 1 aliphatic rings. The summed E-state index contributed by atoms with van der Waals surface area (Å²) in [5, 5.41) is 9.60. The summed E-state index contributed by atoms with van der Waals surface area (Å²) in [6.07, 6.45) is 0.713. The molecule has 1 aliphatic heterocycles. The molecule has 3 aromatic rings. The lowest BCUT2D eigenvalue weighted by Crippen LogP contribution is -2.49. The molecule has 1 saturated heterocycles. The highest BCUT2D eigenvalue weighted by Crippen LogP contribution is 2.39. The molecule has 30 heavy (non-hydrogen) atoms. The Morgan fingerprint density at radius 3 is 2.13 bits per heavy atom. The molecule has 154 valence electrons. The van der Waals surface area contributed by atoms with Crippen LogP contribution < -0.4 is 0 Å². The molecule has 0 radical (unpaired) electrons. The highest BCUT2D eigenvalue weighted by atomic mass is 16.6. The van der Waals surface area contributed by atoms with Gasteiger partial charge in [0.1, 0.15) is 5.60 Å². The Kier molecular flexibility index (Phi) is 5.86. The first-order valence-corrected chi connectivity index (χ1v) is 10.4. The van der Waals surface area contributed by atoms with Gasteiger partial charge in [0.05, 0.1) is 6.04 Å². The molecule has 0 bridgehead atoms. The number of hydrogen-bond donors (Lipinski definition) is 1. The van der Waals surface area contributed by atoms with Crippen LogP contribution in [0.1, 0.15) is 36.9 Å². The molecule has 1 N–H and O–H groups in total. The molecule has 1 fully saturated rings. The third-order valence-corrected chi connectivity index (χ3v) is 6.06. The van der Waals surface area contributed by atoms with Gasteiger partial charge in [-0.25, -0.2) is 4.79 Å². The van der Waals surface area contributed by atoms with Gasteiger partial charge in [-0.05, 0) is 29.2 Å². The minimum absolute atomic E-state index is 0.0291. The van der Waals surface area contributed by atoms with Crippen LogP contribution in [0, 0.1) is 0 Å². The first-order valence-electron chi connectivity index (χ1n) is 10.4. The van der Waals surface area contributed by atoms with E-state index in [2.05, 4.69) is 36.4 Å². The number of benzene rings is 3. The third kappa shape index (κ3) is 3.96. The number of aliphatic hydroxyl groups excluding tert-OH is 1. The molecule has 0 aromatic heterocycles. The van der Waals surface area contributed by atoms with Crippen LogP contribution in [-0.4, -0.2) is 29.3 Å². The smallest absolute Gasteiger partial charge is 0.411 e. The number of carbonyl (C=O) groups excluding carboxylic acids is 1. The van der Waals surface area contributed by atoms with Gasteiger partial charge >= 0.3 is 6.09 Å². The Balaban J connectivity index is 1.51. The van der Waals surface area contributed by atoms with Crippen LogP contribution in [0.4, 0.5) is 4.79 Å². The number of hydrogen-bond acceptors (Lipinski definition) is 3. The number of ether oxygens (including phenoxy) is 1. The van der Waals surface area contributed by atoms with Crippen molar-refractivity contribution in [1.82, 2.24) is 4.90 Å². The Morgan fingerprint density at radius 1 is 0.933 bits per heavy atom. The SMILES string of the molecule is C[C@@H](c1ccc(-c2ccccc2)cc1)N1CC[C@](CCO)(c2ccccc2)OC1=O. The molecule has 0 aliphatic carbocycles. The molecule has 3 aromatic carbocycles. The van der Waals surface area contributed by atoms with Gasteiger partial charge < -0.3 is 14.7 Å². The van der Waals surface area contributed by atoms with Gasteiger partial charge in [0.25, 0.3) is 0 Å². The number of carbonyl (C=O) groups is 1. The summed E-state index contributed by atoms with van der Waals surface area (Å²) in [5.41, 5.74) is 3.57. The number of amides is 1. The first kappa shape index (κ1) is 20.2. The lowest BCUT2D eigenvalue weighted by atomic mass is 9.85. The summed E-state index contributed by atoms with van der Waals surface area (Å²) >= 11 is 0. The van der Waals surface area contributed by atoms with Crippen molar-refractivity contribution < 1.29 is 14.6 Å². The topological polar surface area (TPSA) is 49.8 Å². The summed E-state index contributed by atoms with van der Waals surface area (Å²) in [6.45, 7) is 2.58. The minimum Gasteiger partial charge on any atom is -0.438 e. The van der Waals surface area contributed by atoms with Gasteiger partial charge in [-0.15, -0.1) is 0 Å². The average molecular weight is 402 g/mol. The first-order chi connectivity index (χ1) is 14.6. The van der Waals surface area contributed by atoms with Crippen molar-refractivity contribution >= 4 is 6.09 Å². The van der Waals surface area contributed by atoms with Crippen LogP contribution in [0.2, 0.25) is 0 Å². The van der Waals surface area contributed by atoms with Crippen LogP contribution >= 0.6 is 0 Å². The van der Waals surface area contributed by atoms with Crippen LogP contribution in [0.5, 0.6) is 0 Å². The predicted octanol–water partition coefficient (Wildman–Crippen LogP) is 5.53. The summed E-state index contributed by atoms with van der Waals surface area (Å²) in [6, 6.07) is 28.2. The number of rotatable bonds is 6. The van der Waals surface area contributed by atoms with Crippen molar-refractivity contribution in [2.45, 2.75) is 31.4 Å². The van der Waals surface area contributed by atoms with Crippen molar-refractivity contribution in [2.75, 3.05) is 13.2 Å². The maximum atomic E-state index is 13.0. The Bertz CT molecular complexity index is 972. The van der Waals surface area contributed by atoms with Crippen LogP contribution in [0.15, 0.2) is 84.9 Å². The van der Waals surface area contributed by atoms with Crippen molar-refractivity contribution in [3.8, 4) is 11.1 Å². The summed E-state index contributed by atoms with van der Waals surface area (Å²) in [7, 11) is 0. The third-order valence-electron chi connectivity index (χ3n) is 6.06. The molecular formula is C26H27NO3. The van der Waals surface area contributed by atoms with E-state index in [-0.39, 0.29) is 18.7 Å². The van der Waals surface area contributed by atoms with Crippen molar-refractivity contribution in [3.05, 3.63) is 96.1 Å². The molecule has 4 heteroatoms. The molecule has 0 unspecified atom stereocenters. The van der Waals surface area contributed by atoms with E-state index in [9.17, 15) is 9.90 Å². The second kappa shape index (κ2) is 8.72. The van der Waals surface area contributed by atoms with Crippen molar-refractivity contribution in [2.24, 2.45) is 0 Å². The van der Waals surface area contributed by atoms with Crippen molar-refractivity contribution in [3.63, 3.8) is 0 Å².